The Hall–Kier alpha value is -0.0400. The van der Waals surface area contributed by atoms with Crippen LogP contribution < -0.4 is 0 Å². The molecule has 0 bridgehead atoms. The predicted octanol–water partition coefficient (Wildman–Crippen LogP) is 5.50. The van der Waals surface area contributed by atoms with E-state index in [1.165, 1.54) is 77.4 Å². The van der Waals surface area contributed by atoms with Crippen LogP contribution in [0.1, 0.15) is 85.5 Å². The van der Waals surface area contributed by atoms with E-state index in [1.807, 2.05) is 0 Å². The van der Waals surface area contributed by atoms with Gasteiger partial charge in [-0.3, -0.25) is 0 Å². The number of hydrogen-bond donors (Lipinski definition) is 0. The molecule has 0 spiro atoms. The van der Waals surface area contributed by atoms with Crippen LogP contribution in [0.25, 0.3) is 0 Å². The van der Waals surface area contributed by atoms with E-state index in [9.17, 15) is 0 Å². The molecule has 0 atom stereocenters. The maximum atomic E-state index is 2.72. The zero-order valence-corrected chi connectivity index (χ0v) is 13.5. The van der Waals surface area contributed by atoms with Gasteiger partial charge in [0.1, 0.15) is 0 Å². The highest BCUT2D eigenvalue weighted by atomic mass is 15.1. The Bertz CT molecular complexity index is 154. The van der Waals surface area contributed by atoms with E-state index in [1.54, 1.807) is 0 Å². The fraction of sp³-hybridized carbons (Fsp3) is 1.00. The molecule has 18 heavy (non-hydrogen) atoms. The molecule has 0 aliphatic carbocycles. The number of unbranched alkanes of at least 4 members (excludes halogenated alkanes) is 5. The lowest BCUT2D eigenvalue weighted by atomic mass is 10.1. The summed E-state index contributed by atoms with van der Waals surface area (Å²) in [4.78, 5) is 2.72. The van der Waals surface area contributed by atoms with Crippen molar-refractivity contribution in [3.63, 3.8) is 0 Å². The van der Waals surface area contributed by atoms with E-state index in [0.717, 1.165) is 5.92 Å². The Morgan fingerprint density at radius 1 is 0.667 bits per heavy atom. The predicted molar refractivity (Wildman–Crippen MR) is 84.2 cm³/mol. The normalized spacial score (nSPS) is 11.7. The third kappa shape index (κ3) is 12.4. The first-order chi connectivity index (χ1) is 8.70. The summed E-state index contributed by atoms with van der Waals surface area (Å²) in [7, 11) is 0. The quantitative estimate of drug-likeness (QED) is 0.393. The van der Waals surface area contributed by atoms with Crippen LogP contribution >= 0.6 is 0 Å². The molecule has 0 unspecified atom stereocenters. The second-order valence-electron chi connectivity index (χ2n) is 6.15. The molecule has 0 aromatic heterocycles. The molecule has 0 aromatic carbocycles. The van der Waals surface area contributed by atoms with Crippen LogP contribution in [0.2, 0.25) is 0 Å². The second-order valence-corrected chi connectivity index (χ2v) is 6.15. The van der Waals surface area contributed by atoms with Gasteiger partial charge < -0.3 is 4.90 Å². The summed E-state index contributed by atoms with van der Waals surface area (Å²) in [6, 6.07) is 0. The van der Waals surface area contributed by atoms with Gasteiger partial charge in [-0.2, -0.15) is 0 Å². The topological polar surface area (TPSA) is 3.24 Å². The van der Waals surface area contributed by atoms with Crippen molar-refractivity contribution in [3.8, 4) is 0 Å². The smallest absolute Gasteiger partial charge is 0.00186 e. The van der Waals surface area contributed by atoms with Crippen LogP contribution in [0.3, 0.4) is 0 Å². The molecule has 0 heterocycles. The summed E-state index contributed by atoms with van der Waals surface area (Å²) >= 11 is 0. The Morgan fingerprint density at radius 2 is 1.17 bits per heavy atom. The van der Waals surface area contributed by atoms with Crippen molar-refractivity contribution in [1.29, 1.82) is 0 Å². The Kier molecular flexibility index (Phi) is 13.4. The second kappa shape index (κ2) is 13.4. The van der Waals surface area contributed by atoms with E-state index in [0.29, 0.717) is 0 Å². The van der Waals surface area contributed by atoms with Crippen molar-refractivity contribution in [1.82, 2.24) is 4.90 Å². The lowest BCUT2D eigenvalue weighted by Gasteiger charge is -2.22. The largest absolute Gasteiger partial charge is 0.303 e. The molecule has 0 radical (unpaired) electrons. The highest BCUT2D eigenvalue weighted by Crippen LogP contribution is 2.08. The highest BCUT2D eigenvalue weighted by Gasteiger charge is 2.05. The first-order valence-corrected chi connectivity index (χ1v) is 8.43. The average molecular weight is 255 g/mol. The van der Waals surface area contributed by atoms with Crippen molar-refractivity contribution in [2.45, 2.75) is 85.5 Å². The number of rotatable bonds is 13. The Balaban J connectivity index is 3.69. The Labute approximate surface area is 116 Å². The van der Waals surface area contributed by atoms with E-state index in [4.69, 9.17) is 0 Å². The third-order valence-corrected chi connectivity index (χ3v) is 3.66. The summed E-state index contributed by atoms with van der Waals surface area (Å²) in [6.45, 7) is 13.3. The van der Waals surface area contributed by atoms with Gasteiger partial charge in [-0.25, -0.2) is 0 Å². The van der Waals surface area contributed by atoms with Gasteiger partial charge >= 0.3 is 0 Å². The molecule has 0 saturated heterocycles. The molecule has 0 N–H and O–H groups in total. The van der Waals surface area contributed by atoms with Crippen LogP contribution in [0.4, 0.5) is 0 Å². The maximum Gasteiger partial charge on any atom is -0.00186 e. The van der Waals surface area contributed by atoms with Gasteiger partial charge in [0.15, 0.2) is 0 Å². The van der Waals surface area contributed by atoms with Crippen molar-refractivity contribution in [2.75, 3.05) is 19.6 Å². The fourth-order valence-electron chi connectivity index (χ4n) is 2.41. The van der Waals surface area contributed by atoms with Gasteiger partial charge in [0.2, 0.25) is 0 Å². The number of hydrogen-bond acceptors (Lipinski definition) is 1. The SMILES string of the molecule is CCCCCCN(CCCCC)CCCC(C)C. The van der Waals surface area contributed by atoms with Gasteiger partial charge in [0.05, 0.1) is 0 Å². The summed E-state index contributed by atoms with van der Waals surface area (Å²) in [5, 5.41) is 0. The zero-order chi connectivity index (χ0) is 13.6. The van der Waals surface area contributed by atoms with Crippen molar-refractivity contribution in [3.05, 3.63) is 0 Å². The molecular weight excluding hydrogens is 218 g/mol. The Morgan fingerprint density at radius 3 is 1.72 bits per heavy atom. The van der Waals surface area contributed by atoms with Crippen molar-refractivity contribution in [2.24, 2.45) is 5.92 Å². The summed E-state index contributed by atoms with van der Waals surface area (Å²) < 4.78 is 0. The van der Waals surface area contributed by atoms with E-state index in [2.05, 4.69) is 32.6 Å². The molecule has 110 valence electrons. The standard InChI is InChI=1S/C17H37N/c1-5-7-9-11-15-18(14-10-8-6-2)16-12-13-17(3)4/h17H,5-16H2,1-4H3. The van der Waals surface area contributed by atoms with Crippen LogP contribution in [0, 0.1) is 5.92 Å². The summed E-state index contributed by atoms with van der Waals surface area (Å²) in [5.74, 6) is 0.864. The molecular formula is C17H37N. The van der Waals surface area contributed by atoms with Gasteiger partial charge in [0, 0.05) is 0 Å². The molecule has 0 amide bonds. The molecule has 0 aliphatic heterocycles. The summed E-state index contributed by atoms with van der Waals surface area (Å²) in [6.07, 6.45) is 12.5. The fourth-order valence-corrected chi connectivity index (χ4v) is 2.41. The van der Waals surface area contributed by atoms with Gasteiger partial charge in [0.25, 0.3) is 0 Å². The van der Waals surface area contributed by atoms with Gasteiger partial charge in [-0.15, -0.1) is 0 Å². The third-order valence-electron chi connectivity index (χ3n) is 3.66. The van der Waals surface area contributed by atoms with Crippen LogP contribution in [0.15, 0.2) is 0 Å². The van der Waals surface area contributed by atoms with E-state index in [-0.39, 0.29) is 0 Å². The van der Waals surface area contributed by atoms with Crippen molar-refractivity contribution >= 4 is 0 Å². The first-order valence-electron chi connectivity index (χ1n) is 8.43. The first kappa shape index (κ1) is 18.0. The van der Waals surface area contributed by atoms with Crippen LogP contribution in [-0.2, 0) is 0 Å². The van der Waals surface area contributed by atoms with Gasteiger partial charge in [-0.1, -0.05) is 59.8 Å². The molecule has 1 heteroatoms. The molecule has 0 fully saturated rings. The minimum Gasteiger partial charge on any atom is -0.303 e. The van der Waals surface area contributed by atoms with Crippen molar-refractivity contribution < 1.29 is 0 Å². The average Bonchev–Trinajstić information content (AvgIpc) is 2.33. The minimum atomic E-state index is 0.864. The monoisotopic (exact) mass is 255 g/mol. The lowest BCUT2D eigenvalue weighted by molar-refractivity contribution is 0.252. The molecule has 0 aliphatic rings. The summed E-state index contributed by atoms with van der Waals surface area (Å²) in [5.41, 5.74) is 0. The van der Waals surface area contributed by atoms with Crippen LogP contribution in [-0.4, -0.2) is 24.5 Å². The molecule has 0 aromatic rings. The molecule has 0 rings (SSSR count). The zero-order valence-electron chi connectivity index (χ0n) is 13.5. The highest BCUT2D eigenvalue weighted by molar-refractivity contribution is 4.60. The lowest BCUT2D eigenvalue weighted by Crippen LogP contribution is -2.27. The minimum absolute atomic E-state index is 0.864. The van der Waals surface area contributed by atoms with E-state index < -0.39 is 0 Å². The van der Waals surface area contributed by atoms with Crippen LogP contribution in [0.5, 0.6) is 0 Å². The number of nitrogens with zero attached hydrogens (tertiary/aromatic N) is 1. The van der Waals surface area contributed by atoms with Gasteiger partial charge in [-0.05, 0) is 51.2 Å². The molecule has 0 saturated carbocycles. The maximum absolute atomic E-state index is 2.72. The molecule has 1 nitrogen and oxygen atoms in total. The van der Waals surface area contributed by atoms with E-state index >= 15 is 0 Å².